The Balaban J connectivity index is 1.87. The van der Waals surface area contributed by atoms with Crippen LogP contribution in [0.25, 0.3) is 0 Å². The number of hydrogen-bond acceptors (Lipinski definition) is 4. The van der Waals surface area contributed by atoms with Crippen LogP contribution in [0.4, 0.5) is 5.69 Å². The first-order valence-corrected chi connectivity index (χ1v) is 9.61. The fourth-order valence-electron chi connectivity index (χ4n) is 2.05. The maximum absolute atomic E-state index is 12.2. The van der Waals surface area contributed by atoms with Crippen molar-refractivity contribution in [3.8, 4) is 0 Å². The van der Waals surface area contributed by atoms with E-state index in [0.717, 1.165) is 0 Å². The molecule has 10 heteroatoms. The number of amides is 3. The molecule has 0 aliphatic rings. The molecule has 3 amide bonds. The highest BCUT2D eigenvalue weighted by Gasteiger charge is 2.13. The summed E-state index contributed by atoms with van der Waals surface area (Å²) in [5.74, 6) is -1.30. The molecule has 0 bridgehead atoms. The minimum absolute atomic E-state index is 0.116. The second-order valence-electron chi connectivity index (χ2n) is 6.21. The average Bonchev–Trinajstić information content (AvgIpc) is 2.66. The van der Waals surface area contributed by atoms with E-state index in [1.807, 2.05) is 0 Å². The van der Waals surface area contributed by atoms with Crippen molar-refractivity contribution in [2.24, 2.45) is 5.92 Å². The molecule has 2 rings (SSSR count). The van der Waals surface area contributed by atoms with Crippen LogP contribution in [0.5, 0.6) is 0 Å². The number of carbonyl (C=O) groups is 3. The minimum atomic E-state index is -0.552. The normalized spacial score (nSPS) is 10.2. The van der Waals surface area contributed by atoms with Crippen molar-refractivity contribution >= 4 is 63.9 Å². The molecule has 0 saturated carbocycles. The number of anilines is 1. The van der Waals surface area contributed by atoms with Gasteiger partial charge in [-0.3, -0.25) is 30.6 Å². The molecular formula is C19H18Cl2N4O3S. The average molecular weight is 453 g/mol. The molecule has 2 aromatic rings. The molecule has 0 aliphatic carbocycles. The van der Waals surface area contributed by atoms with Gasteiger partial charge in [0.25, 0.3) is 11.8 Å². The second-order valence-corrected chi connectivity index (χ2v) is 7.46. The van der Waals surface area contributed by atoms with Crippen LogP contribution in [-0.4, -0.2) is 22.8 Å². The predicted molar refractivity (Wildman–Crippen MR) is 117 cm³/mol. The van der Waals surface area contributed by atoms with Crippen molar-refractivity contribution in [2.45, 2.75) is 13.8 Å². The van der Waals surface area contributed by atoms with E-state index in [4.69, 9.17) is 35.4 Å². The maximum Gasteiger partial charge on any atom is 0.269 e. The van der Waals surface area contributed by atoms with E-state index in [-0.39, 0.29) is 27.5 Å². The Kier molecular flexibility index (Phi) is 7.95. The quantitative estimate of drug-likeness (QED) is 0.419. The van der Waals surface area contributed by atoms with E-state index in [9.17, 15) is 14.4 Å². The van der Waals surface area contributed by atoms with Crippen LogP contribution in [0, 0.1) is 5.92 Å². The van der Waals surface area contributed by atoms with E-state index >= 15 is 0 Å². The molecule has 0 aliphatic heterocycles. The summed E-state index contributed by atoms with van der Waals surface area (Å²) in [7, 11) is 0. The van der Waals surface area contributed by atoms with Gasteiger partial charge in [-0.1, -0.05) is 37.0 Å². The Bertz CT molecular complexity index is 949. The first kappa shape index (κ1) is 22.6. The van der Waals surface area contributed by atoms with Gasteiger partial charge in [-0.05, 0) is 54.7 Å². The van der Waals surface area contributed by atoms with Gasteiger partial charge in [0.05, 0.1) is 10.6 Å². The summed E-state index contributed by atoms with van der Waals surface area (Å²) in [6.45, 7) is 3.57. The largest absolute Gasteiger partial charge is 0.326 e. The minimum Gasteiger partial charge on any atom is -0.326 e. The molecule has 0 atom stereocenters. The molecule has 0 aromatic heterocycles. The maximum atomic E-state index is 12.2. The zero-order valence-electron chi connectivity index (χ0n) is 15.5. The van der Waals surface area contributed by atoms with E-state index < -0.39 is 11.8 Å². The highest BCUT2D eigenvalue weighted by Crippen LogP contribution is 2.20. The Morgan fingerprint density at radius 3 is 2.17 bits per heavy atom. The highest BCUT2D eigenvalue weighted by molar-refractivity contribution is 7.80. The Morgan fingerprint density at radius 1 is 0.931 bits per heavy atom. The van der Waals surface area contributed by atoms with Gasteiger partial charge in [0.15, 0.2) is 5.11 Å². The third-order valence-corrected chi connectivity index (χ3v) is 4.38. The highest BCUT2D eigenvalue weighted by atomic mass is 35.5. The van der Waals surface area contributed by atoms with Crippen molar-refractivity contribution in [2.75, 3.05) is 5.32 Å². The van der Waals surface area contributed by atoms with Gasteiger partial charge in [0.2, 0.25) is 5.91 Å². The van der Waals surface area contributed by atoms with Gasteiger partial charge in [-0.15, -0.1) is 0 Å². The van der Waals surface area contributed by atoms with Crippen LogP contribution >= 0.6 is 35.4 Å². The molecule has 0 radical (unpaired) electrons. The number of carbonyl (C=O) groups excluding carboxylic acids is 3. The summed E-state index contributed by atoms with van der Waals surface area (Å²) in [4.78, 5) is 36.0. The first-order chi connectivity index (χ1) is 13.7. The summed E-state index contributed by atoms with van der Waals surface area (Å²) in [5, 5.41) is 5.58. The summed E-state index contributed by atoms with van der Waals surface area (Å²) < 4.78 is 0. The molecule has 0 heterocycles. The molecule has 0 fully saturated rings. The van der Waals surface area contributed by atoms with Gasteiger partial charge in [0, 0.05) is 22.2 Å². The lowest BCUT2D eigenvalue weighted by molar-refractivity contribution is -0.118. The van der Waals surface area contributed by atoms with Crippen LogP contribution in [-0.2, 0) is 4.79 Å². The third kappa shape index (κ3) is 6.70. The molecule has 7 nitrogen and oxygen atoms in total. The fraction of sp³-hybridized carbons (Fsp3) is 0.158. The van der Waals surface area contributed by atoms with E-state index in [0.29, 0.717) is 16.3 Å². The Labute approximate surface area is 183 Å². The molecule has 0 unspecified atom stereocenters. The molecule has 29 heavy (non-hydrogen) atoms. The zero-order valence-corrected chi connectivity index (χ0v) is 17.8. The zero-order chi connectivity index (χ0) is 21.6. The summed E-state index contributed by atoms with van der Waals surface area (Å²) in [6.07, 6.45) is 0. The molecule has 4 N–H and O–H groups in total. The van der Waals surface area contributed by atoms with E-state index in [2.05, 4.69) is 21.5 Å². The van der Waals surface area contributed by atoms with Gasteiger partial charge in [0.1, 0.15) is 0 Å². The predicted octanol–water partition coefficient (Wildman–Crippen LogP) is 3.54. The van der Waals surface area contributed by atoms with Gasteiger partial charge < -0.3 is 5.32 Å². The van der Waals surface area contributed by atoms with Crippen LogP contribution < -0.4 is 21.5 Å². The molecule has 0 spiro atoms. The number of thiocarbonyl (C=S) groups is 1. The standard InChI is InChI=1S/C19H18Cl2N4O3S/c1-10(2)16(26)22-13-6-3-11(4-7-13)17(27)24-25-19(29)23-18(28)14-8-5-12(20)9-15(14)21/h3-10H,1-2H3,(H,22,26)(H,24,27)(H2,23,25,28,29). The molecule has 0 saturated heterocycles. The van der Waals surface area contributed by atoms with Crippen LogP contribution in [0.15, 0.2) is 42.5 Å². The number of hydrogen-bond donors (Lipinski definition) is 4. The van der Waals surface area contributed by atoms with Crippen molar-refractivity contribution in [3.63, 3.8) is 0 Å². The Hall–Kier alpha value is -2.68. The second kappa shape index (κ2) is 10.2. The number of halogens is 2. The van der Waals surface area contributed by atoms with Crippen molar-refractivity contribution < 1.29 is 14.4 Å². The van der Waals surface area contributed by atoms with Crippen molar-refractivity contribution in [3.05, 3.63) is 63.6 Å². The van der Waals surface area contributed by atoms with Crippen molar-refractivity contribution in [1.29, 1.82) is 0 Å². The smallest absolute Gasteiger partial charge is 0.269 e. The fourth-order valence-corrected chi connectivity index (χ4v) is 2.69. The number of nitrogens with one attached hydrogen (secondary N) is 4. The van der Waals surface area contributed by atoms with Gasteiger partial charge in [-0.2, -0.15) is 0 Å². The summed E-state index contributed by atoms with van der Waals surface area (Å²) in [6, 6.07) is 10.7. The van der Waals surface area contributed by atoms with Crippen LogP contribution in [0.3, 0.4) is 0 Å². The molecule has 152 valence electrons. The van der Waals surface area contributed by atoms with Crippen LogP contribution in [0.2, 0.25) is 10.0 Å². The number of benzene rings is 2. The van der Waals surface area contributed by atoms with Gasteiger partial charge >= 0.3 is 0 Å². The first-order valence-electron chi connectivity index (χ1n) is 8.45. The van der Waals surface area contributed by atoms with Crippen LogP contribution in [0.1, 0.15) is 34.6 Å². The molecule has 2 aromatic carbocycles. The van der Waals surface area contributed by atoms with E-state index in [1.54, 1.807) is 38.1 Å². The van der Waals surface area contributed by atoms with E-state index in [1.165, 1.54) is 18.2 Å². The lowest BCUT2D eigenvalue weighted by Crippen LogP contribution is -2.48. The van der Waals surface area contributed by atoms with Gasteiger partial charge in [-0.25, -0.2) is 0 Å². The lowest BCUT2D eigenvalue weighted by atomic mass is 10.1. The number of hydrazine groups is 1. The topological polar surface area (TPSA) is 99.3 Å². The number of rotatable bonds is 4. The summed E-state index contributed by atoms with van der Waals surface area (Å²) >= 11 is 16.8. The molecular weight excluding hydrogens is 435 g/mol. The Morgan fingerprint density at radius 2 is 1.59 bits per heavy atom. The lowest BCUT2D eigenvalue weighted by Gasteiger charge is -2.12. The van der Waals surface area contributed by atoms with Crippen molar-refractivity contribution in [1.82, 2.24) is 16.2 Å². The monoisotopic (exact) mass is 452 g/mol. The third-order valence-electron chi connectivity index (χ3n) is 3.63. The summed E-state index contributed by atoms with van der Waals surface area (Å²) in [5.41, 5.74) is 5.90. The SMILES string of the molecule is CC(C)C(=O)Nc1ccc(C(=O)NNC(=S)NC(=O)c2ccc(Cl)cc2Cl)cc1.